The summed E-state index contributed by atoms with van der Waals surface area (Å²) in [7, 11) is 0. The topological polar surface area (TPSA) is 38.7 Å². The van der Waals surface area contributed by atoms with Crippen molar-refractivity contribution in [2.75, 3.05) is 6.61 Å². The van der Waals surface area contributed by atoms with E-state index in [1.165, 1.54) is 64.2 Å². The lowest BCUT2D eigenvalue weighted by Crippen LogP contribution is -2.43. The Kier molecular flexibility index (Phi) is 7.84. The van der Waals surface area contributed by atoms with Crippen LogP contribution < -0.4 is 0 Å². The van der Waals surface area contributed by atoms with E-state index >= 15 is 0 Å². The zero-order valence-electron chi connectivity index (χ0n) is 15.4. The highest BCUT2D eigenvalue weighted by Crippen LogP contribution is 2.41. The van der Waals surface area contributed by atoms with Crippen LogP contribution in [-0.4, -0.2) is 29.2 Å². The van der Waals surface area contributed by atoms with Crippen molar-refractivity contribution in [3.05, 3.63) is 0 Å². The standard InChI is InChI=1S/C20H38O3/c1-3-4-5-6-7-8-9-11-14-19(2,21)18-17-22-20(23-18)15-12-10-13-16-20/h18,21H,3-17H2,1-2H3/t18-,19+/m1/s1. The molecule has 3 nitrogen and oxygen atoms in total. The molecule has 3 heteroatoms. The van der Waals surface area contributed by atoms with E-state index in [1.807, 2.05) is 6.92 Å². The lowest BCUT2D eigenvalue weighted by Gasteiger charge is -2.34. The molecular formula is C20H38O3. The second-order valence-electron chi connectivity index (χ2n) is 7.97. The summed E-state index contributed by atoms with van der Waals surface area (Å²) in [5.74, 6) is -0.369. The first kappa shape index (κ1) is 19.2. The van der Waals surface area contributed by atoms with E-state index in [0.29, 0.717) is 6.61 Å². The van der Waals surface area contributed by atoms with Crippen LogP contribution >= 0.6 is 0 Å². The van der Waals surface area contributed by atoms with Crippen LogP contribution in [0, 0.1) is 0 Å². The van der Waals surface area contributed by atoms with Gasteiger partial charge in [0.15, 0.2) is 5.79 Å². The molecule has 1 saturated heterocycles. The number of hydrogen-bond acceptors (Lipinski definition) is 3. The smallest absolute Gasteiger partial charge is 0.169 e. The van der Waals surface area contributed by atoms with Crippen LogP contribution in [0.5, 0.6) is 0 Å². The van der Waals surface area contributed by atoms with Crippen molar-refractivity contribution in [2.24, 2.45) is 0 Å². The van der Waals surface area contributed by atoms with Gasteiger partial charge in [0, 0.05) is 12.8 Å². The van der Waals surface area contributed by atoms with E-state index in [0.717, 1.165) is 25.7 Å². The van der Waals surface area contributed by atoms with E-state index < -0.39 is 5.60 Å². The SMILES string of the molecule is CCCCCCCCCC[C@](C)(O)[C@H]1COC2(CCCCC2)O1. The van der Waals surface area contributed by atoms with Crippen molar-refractivity contribution >= 4 is 0 Å². The molecular weight excluding hydrogens is 288 g/mol. The normalized spacial score (nSPS) is 26.5. The van der Waals surface area contributed by atoms with Crippen LogP contribution in [-0.2, 0) is 9.47 Å². The monoisotopic (exact) mass is 326 g/mol. The fraction of sp³-hybridized carbons (Fsp3) is 1.00. The molecule has 0 radical (unpaired) electrons. The van der Waals surface area contributed by atoms with Crippen molar-refractivity contribution in [2.45, 2.75) is 121 Å². The zero-order valence-corrected chi connectivity index (χ0v) is 15.4. The van der Waals surface area contributed by atoms with Gasteiger partial charge >= 0.3 is 0 Å². The molecule has 0 bridgehead atoms. The molecule has 1 aliphatic heterocycles. The Labute approximate surface area is 143 Å². The fourth-order valence-corrected chi connectivity index (χ4v) is 3.99. The Morgan fingerprint density at radius 2 is 1.57 bits per heavy atom. The van der Waals surface area contributed by atoms with Gasteiger partial charge in [-0.1, -0.05) is 64.7 Å². The highest BCUT2D eigenvalue weighted by molar-refractivity contribution is 4.91. The van der Waals surface area contributed by atoms with Gasteiger partial charge in [-0.25, -0.2) is 0 Å². The third-order valence-corrected chi connectivity index (χ3v) is 5.70. The minimum absolute atomic E-state index is 0.148. The summed E-state index contributed by atoms with van der Waals surface area (Å²) in [6, 6.07) is 0. The molecule has 136 valence electrons. The number of rotatable bonds is 10. The Hall–Kier alpha value is -0.120. The third-order valence-electron chi connectivity index (χ3n) is 5.70. The lowest BCUT2D eigenvalue weighted by molar-refractivity contribution is -0.206. The second-order valence-corrected chi connectivity index (χ2v) is 7.97. The van der Waals surface area contributed by atoms with Gasteiger partial charge in [0.05, 0.1) is 12.2 Å². The Balaban J connectivity index is 1.61. The van der Waals surface area contributed by atoms with E-state index in [1.54, 1.807) is 0 Å². The average molecular weight is 327 g/mol. The van der Waals surface area contributed by atoms with Crippen LogP contribution in [0.3, 0.4) is 0 Å². The van der Waals surface area contributed by atoms with Gasteiger partial charge in [-0.3, -0.25) is 0 Å². The van der Waals surface area contributed by atoms with Crippen molar-refractivity contribution in [1.29, 1.82) is 0 Å². The Morgan fingerprint density at radius 1 is 0.957 bits per heavy atom. The minimum Gasteiger partial charge on any atom is -0.387 e. The van der Waals surface area contributed by atoms with Gasteiger partial charge in [0.1, 0.15) is 6.10 Å². The second kappa shape index (κ2) is 9.39. The highest BCUT2D eigenvalue weighted by atomic mass is 16.7. The summed E-state index contributed by atoms with van der Waals surface area (Å²) in [5, 5.41) is 10.8. The number of ether oxygens (including phenoxy) is 2. The molecule has 1 aliphatic carbocycles. The van der Waals surface area contributed by atoms with E-state index in [4.69, 9.17) is 9.47 Å². The predicted molar refractivity (Wildman–Crippen MR) is 94.5 cm³/mol. The molecule has 2 fully saturated rings. The molecule has 1 saturated carbocycles. The quantitative estimate of drug-likeness (QED) is 0.550. The summed E-state index contributed by atoms with van der Waals surface area (Å²) < 4.78 is 12.2. The maximum atomic E-state index is 10.8. The van der Waals surface area contributed by atoms with Crippen LogP contribution in [0.25, 0.3) is 0 Å². The molecule has 23 heavy (non-hydrogen) atoms. The summed E-state index contributed by atoms with van der Waals surface area (Å²) >= 11 is 0. The lowest BCUT2D eigenvalue weighted by atomic mass is 9.91. The van der Waals surface area contributed by atoms with Crippen LogP contribution in [0.15, 0.2) is 0 Å². The molecule has 1 heterocycles. The van der Waals surface area contributed by atoms with Gasteiger partial charge in [0.2, 0.25) is 0 Å². The zero-order chi connectivity index (χ0) is 16.6. The number of aliphatic hydroxyl groups is 1. The summed E-state index contributed by atoms with van der Waals surface area (Å²) in [5.41, 5.74) is -0.747. The molecule has 0 unspecified atom stereocenters. The summed E-state index contributed by atoms with van der Waals surface area (Å²) in [4.78, 5) is 0. The van der Waals surface area contributed by atoms with Crippen LogP contribution in [0.2, 0.25) is 0 Å². The van der Waals surface area contributed by atoms with Gasteiger partial charge in [-0.05, 0) is 26.2 Å². The van der Waals surface area contributed by atoms with E-state index in [9.17, 15) is 5.11 Å². The van der Waals surface area contributed by atoms with Crippen LogP contribution in [0.1, 0.15) is 104 Å². The fourth-order valence-electron chi connectivity index (χ4n) is 3.99. The van der Waals surface area contributed by atoms with Crippen molar-refractivity contribution < 1.29 is 14.6 Å². The molecule has 2 rings (SSSR count). The summed E-state index contributed by atoms with van der Waals surface area (Å²) in [6.45, 7) is 4.75. The molecule has 2 atom stereocenters. The van der Waals surface area contributed by atoms with Crippen molar-refractivity contribution in [1.82, 2.24) is 0 Å². The maximum absolute atomic E-state index is 10.8. The Morgan fingerprint density at radius 3 is 2.22 bits per heavy atom. The van der Waals surface area contributed by atoms with Gasteiger partial charge in [0.25, 0.3) is 0 Å². The minimum atomic E-state index is -0.747. The molecule has 0 aromatic rings. The van der Waals surface area contributed by atoms with Gasteiger partial charge in [-0.15, -0.1) is 0 Å². The van der Waals surface area contributed by atoms with Crippen molar-refractivity contribution in [3.63, 3.8) is 0 Å². The first-order chi connectivity index (χ1) is 11.1. The van der Waals surface area contributed by atoms with E-state index in [-0.39, 0.29) is 11.9 Å². The molecule has 1 spiro atoms. The molecule has 0 aromatic heterocycles. The number of hydrogen-bond donors (Lipinski definition) is 1. The molecule has 0 amide bonds. The van der Waals surface area contributed by atoms with Crippen LogP contribution in [0.4, 0.5) is 0 Å². The number of unbranched alkanes of at least 4 members (excludes halogenated alkanes) is 7. The summed E-state index contributed by atoms with van der Waals surface area (Å²) in [6.07, 6.45) is 16.7. The predicted octanol–water partition coefficient (Wildman–Crippen LogP) is 5.34. The maximum Gasteiger partial charge on any atom is 0.169 e. The Bertz CT molecular complexity index is 321. The average Bonchev–Trinajstić information content (AvgIpc) is 2.95. The molecule has 0 aromatic carbocycles. The van der Waals surface area contributed by atoms with E-state index in [2.05, 4.69) is 6.92 Å². The largest absolute Gasteiger partial charge is 0.387 e. The molecule has 2 aliphatic rings. The van der Waals surface area contributed by atoms with Crippen molar-refractivity contribution in [3.8, 4) is 0 Å². The van der Waals surface area contributed by atoms with Gasteiger partial charge < -0.3 is 14.6 Å². The first-order valence-electron chi connectivity index (χ1n) is 10.1. The molecule has 1 N–H and O–H groups in total. The third kappa shape index (κ3) is 6.03. The first-order valence-corrected chi connectivity index (χ1v) is 10.1. The highest BCUT2D eigenvalue weighted by Gasteiger charge is 2.48. The van der Waals surface area contributed by atoms with Gasteiger partial charge in [-0.2, -0.15) is 0 Å².